The summed E-state index contributed by atoms with van der Waals surface area (Å²) in [5.41, 5.74) is 1.19. The Morgan fingerprint density at radius 2 is 2.41 bits per heavy atom. The molecule has 0 amide bonds. The van der Waals surface area contributed by atoms with Gasteiger partial charge in [-0.05, 0) is 25.5 Å². The number of hydrogen-bond donors (Lipinski definition) is 1. The molecule has 0 saturated carbocycles. The van der Waals surface area contributed by atoms with E-state index in [0.717, 1.165) is 32.5 Å². The third-order valence-corrected chi connectivity index (χ3v) is 2.51. The molecule has 0 unspecified atom stereocenters. The van der Waals surface area contributed by atoms with Gasteiger partial charge in [-0.1, -0.05) is 6.92 Å². The van der Waals surface area contributed by atoms with Crippen LogP contribution in [-0.2, 0) is 22.6 Å². The molecule has 96 valence electrons. The maximum Gasteiger partial charge on any atom is 0.305 e. The number of hydrogen-bond acceptors (Lipinski definition) is 4. The highest BCUT2D eigenvalue weighted by Crippen LogP contribution is 2.00. The van der Waals surface area contributed by atoms with E-state index in [1.54, 1.807) is 0 Å². The number of ether oxygens (including phenoxy) is 1. The summed E-state index contributed by atoms with van der Waals surface area (Å²) >= 11 is 0. The molecule has 1 aromatic rings. The molecule has 0 bridgehead atoms. The van der Waals surface area contributed by atoms with Gasteiger partial charge in [0.25, 0.3) is 0 Å². The smallest absolute Gasteiger partial charge is 0.305 e. The third kappa shape index (κ3) is 4.99. The molecule has 0 radical (unpaired) electrons. The number of aromatic nitrogens is 2. The highest BCUT2D eigenvalue weighted by molar-refractivity contribution is 5.69. The van der Waals surface area contributed by atoms with Crippen LogP contribution in [0.5, 0.6) is 0 Å². The molecule has 0 fully saturated rings. The zero-order valence-corrected chi connectivity index (χ0v) is 10.6. The van der Waals surface area contributed by atoms with Crippen molar-refractivity contribution >= 4 is 5.97 Å². The standard InChI is InChI=1S/C12H21N3O2/c1-3-9-15-11(6-8-14-15)10-13-7-4-5-12(16)17-2/h6,8,13H,3-5,7,9-10H2,1-2H3. The zero-order chi connectivity index (χ0) is 12.5. The second kappa shape index (κ2) is 7.84. The first-order valence-electron chi connectivity index (χ1n) is 6.06. The van der Waals surface area contributed by atoms with Crippen molar-refractivity contribution in [2.24, 2.45) is 0 Å². The van der Waals surface area contributed by atoms with Crippen molar-refractivity contribution in [3.05, 3.63) is 18.0 Å². The molecule has 0 saturated heterocycles. The molecule has 0 aliphatic carbocycles. The first kappa shape index (κ1) is 13.7. The number of carbonyl (C=O) groups is 1. The Morgan fingerprint density at radius 3 is 3.12 bits per heavy atom. The van der Waals surface area contributed by atoms with Crippen molar-refractivity contribution in [2.75, 3.05) is 13.7 Å². The van der Waals surface area contributed by atoms with E-state index in [4.69, 9.17) is 0 Å². The Bertz CT molecular complexity index is 336. The van der Waals surface area contributed by atoms with Gasteiger partial charge in [-0.3, -0.25) is 9.48 Å². The van der Waals surface area contributed by atoms with Crippen LogP contribution in [0.4, 0.5) is 0 Å². The van der Waals surface area contributed by atoms with Gasteiger partial charge in [-0.25, -0.2) is 0 Å². The Kier molecular flexibility index (Phi) is 6.32. The lowest BCUT2D eigenvalue weighted by Crippen LogP contribution is -2.18. The van der Waals surface area contributed by atoms with Crippen LogP contribution in [0, 0.1) is 0 Å². The molecule has 17 heavy (non-hydrogen) atoms. The summed E-state index contributed by atoms with van der Waals surface area (Å²) in [5.74, 6) is -0.150. The fraction of sp³-hybridized carbons (Fsp3) is 0.667. The minimum atomic E-state index is -0.150. The summed E-state index contributed by atoms with van der Waals surface area (Å²) in [6, 6.07) is 2.02. The maximum atomic E-state index is 10.9. The van der Waals surface area contributed by atoms with Gasteiger partial charge in [-0.2, -0.15) is 5.10 Å². The molecule has 1 aromatic heterocycles. The number of nitrogens with zero attached hydrogens (tertiary/aromatic N) is 2. The van der Waals surface area contributed by atoms with Crippen LogP contribution in [-0.4, -0.2) is 29.4 Å². The van der Waals surface area contributed by atoms with Crippen molar-refractivity contribution in [3.8, 4) is 0 Å². The van der Waals surface area contributed by atoms with Crippen LogP contribution in [0.1, 0.15) is 31.9 Å². The molecular weight excluding hydrogens is 218 g/mol. The molecule has 0 aromatic carbocycles. The first-order chi connectivity index (χ1) is 8.27. The van der Waals surface area contributed by atoms with E-state index in [1.807, 2.05) is 16.9 Å². The van der Waals surface area contributed by atoms with Gasteiger partial charge < -0.3 is 10.1 Å². The molecule has 0 aliphatic rings. The average Bonchev–Trinajstić information content (AvgIpc) is 2.76. The predicted molar refractivity (Wildman–Crippen MR) is 65.5 cm³/mol. The van der Waals surface area contributed by atoms with Crippen LogP contribution in [0.3, 0.4) is 0 Å². The Balaban J connectivity index is 2.17. The summed E-state index contributed by atoms with van der Waals surface area (Å²) in [4.78, 5) is 10.9. The van der Waals surface area contributed by atoms with Gasteiger partial charge in [0.1, 0.15) is 0 Å². The topological polar surface area (TPSA) is 56.2 Å². The molecule has 1 N–H and O–H groups in total. The summed E-state index contributed by atoms with van der Waals surface area (Å²) in [6.07, 6.45) is 4.17. The van der Waals surface area contributed by atoms with E-state index in [2.05, 4.69) is 22.1 Å². The third-order valence-electron chi connectivity index (χ3n) is 2.51. The minimum Gasteiger partial charge on any atom is -0.469 e. The Morgan fingerprint density at radius 1 is 1.59 bits per heavy atom. The SMILES string of the molecule is CCCn1nccc1CNCCCC(=O)OC. The summed E-state index contributed by atoms with van der Waals surface area (Å²) < 4.78 is 6.58. The van der Waals surface area contributed by atoms with Gasteiger partial charge in [0.2, 0.25) is 0 Å². The number of aryl methyl sites for hydroxylation is 1. The summed E-state index contributed by atoms with van der Waals surface area (Å²) in [7, 11) is 1.42. The number of rotatable bonds is 8. The Hall–Kier alpha value is -1.36. The normalized spacial score (nSPS) is 10.5. The van der Waals surface area contributed by atoms with Crippen molar-refractivity contribution in [2.45, 2.75) is 39.3 Å². The quantitative estimate of drug-likeness (QED) is 0.549. The van der Waals surface area contributed by atoms with Gasteiger partial charge >= 0.3 is 5.97 Å². The molecule has 5 heteroatoms. The van der Waals surface area contributed by atoms with Crippen molar-refractivity contribution < 1.29 is 9.53 Å². The Labute approximate surface area is 102 Å². The maximum absolute atomic E-state index is 10.9. The second-order valence-corrected chi connectivity index (χ2v) is 3.90. The fourth-order valence-corrected chi connectivity index (χ4v) is 1.60. The number of nitrogens with one attached hydrogen (secondary N) is 1. The van der Waals surface area contributed by atoms with E-state index < -0.39 is 0 Å². The molecule has 0 aliphatic heterocycles. The van der Waals surface area contributed by atoms with Crippen molar-refractivity contribution in [1.82, 2.24) is 15.1 Å². The van der Waals surface area contributed by atoms with Crippen LogP contribution < -0.4 is 5.32 Å². The van der Waals surface area contributed by atoms with Crippen LogP contribution in [0.25, 0.3) is 0 Å². The van der Waals surface area contributed by atoms with Crippen molar-refractivity contribution in [3.63, 3.8) is 0 Å². The van der Waals surface area contributed by atoms with E-state index >= 15 is 0 Å². The summed E-state index contributed by atoms with van der Waals surface area (Å²) in [5, 5.41) is 7.55. The number of methoxy groups -OCH3 is 1. The molecular formula is C12H21N3O2. The summed E-state index contributed by atoms with van der Waals surface area (Å²) in [6.45, 7) is 4.69. The van der Waals surface area contributed by atoms with Gasteiger partial charge in [-0.15, -0.1) is 0 Å². The highest BCUT2D eigenvalue weighted by Gasteiger charge is 2.02. The molecule has 1 heterocycles. The lowest BCUT2D eigenvalue weighted by molar-refractivity contribution is -0.140. The van der Waals surface area contributed by atoms with Crippen LogP contribution in [0.15, 0.2) is 12.3 Å². The second-order valence-electron chi connectivity index (χ2n) is 3.90. The molecule has 1 rings (SSSR count). The largest absolute Gasteiger partial charge is 0.469 e. The van der Waals surface area contributed by atoms with E-state index in [0.29, 0.717) is 6.42 Å². The van der Waals surface area contributed by atoms with E-state index in [-0.39, 0.29) is 5.97 Å². The molecule has 0 atom stereocenters. The van der Waals surface area contributed by atoms with E-state index in [1.165, 1.54) is 12.8 Å². The van der Waals surface area contributed by atoms with E-state index in [9.17, 15) is 4.79 Å². The first-order valence-corrected chi connectivity index (χ1v) is 6.06. The van der Waals surface area contributed by atoms with Crippen LogP contribution in [0.2, 0.25) is 0 Å². The fourth-order valence-electron chi connectivity index (χ4n) is 1.60. The van der Waals surface area contributed by atoms with Gasteiger partial charge in [0, 0.05) is 25.7 Å². The highest BCUT2D eigenvalue weighted by atomic mass is 16.5. The number of esters is 1. The molecule has 5 nitrogen and oxygen atoms in total. The average molecular weight is 239 g/mol. The number of carbonyl (C=O) groups excluding carboxylic acids is 1. The van der Waals surface area contributed by atoms with Gasteiger partial charge in [0.05, 0.1) is 12.8 Å². The zero-order valence-electron chi connectivity index (χ0n) is 10.6. The lowest BCUT2D eigenvalue weighted by atomic mass is 10.3. The minimum absolute atomic E-state index is 0.150. The molecule has 0 spiro atoms. The lowest BCUT2D eigenvalue weighted by Gasteiger charge is -2.07. The van der Waals surface area contributed by atoms with Crippen molar-refractivity contribution in [1.29, 1.82) is 0 Å². The monoisotopic (exact) mass is 239 g/mol. The van der Waals surface area contributed by atoms with Gasteiger partial charge in [0.15, 0.2) is 0 Å². The predicted octanol–water partition coefficient (Wildman–Crippen LogP) is 1.34. The van der Waals surface area contributed by atoms with Crippen LogP contribution >= 0.6 is 0 Å².